The van der Waals surface area contributed by atoms with Crippen molar-refractivity contribution < 1.29 is 14.3 Å². The van der Waals surface area contributed by atoms with Gasteiger partial charge in [0.15, 0.2) is 5.16 Å². The smallest absolute Gasteiger partial charge is 0.307 e. The number of amides is 1. The molecule has 30 heavy (non-hydrogen) atoms. The third-order valence-electron chi connectivity index (χ3n) is 4.75. The van der Waals surface area contributed by atoms with Gasteiger partial charge in [-0.15, -0.1) is 0 Å². The Bertz CT molecular complexity index is 926. The number of carbonyl (C=O) groups is 2. The van der Waals surface area contributed by atoms with Crippen molar-refractivity contribution in [2.45, 2.75) is 64.2 Å². The van der Waals surface area contributed by atoms with Gasteiger partial charge in [-0.1, -0.05) is 50.6 Å². The molecular weight excluding hydrogens is 402 g/mol. The molecule has 1 aromatic heterocycles. The van der Waals surface area contributed by atoms with E-state index in [0.717, 1.165) is 19.3 Å². The number of methoxy groups -OCH3 is 1. The van der Waals surface area contributed by atoms with Crippen molar-refractivity contribution in [2.75, 3.05) is 12.9 Å². The lowest BCUT2D eigenvalue weighted by Crippen LogP contribution is -2.34. The van der Waals surface area contributed by atoms with Crippen molar-refractivity contribution in [3.63, 3.8) is 0 Å². The van der Waals surface area contributed by atoms with Crippen molar-refractivity contribution in [3.8, 4) is 0 Å². The first-order valence-electron chi connectivity index (χ1n) is 10.3. The first-order chi connectivity index (χ1) is 14.3. The maximum Gasteiger partial charge on any atom is 0.307 e. The van der Waals surface area contributed by atoms with Gasteiger partial charge < -0.3 is 10.1 Å². The highest BCUT2D eigenvalue weighted by molar-refractivity contribution is 7.99. The fraction of sp³-hybridized carbons (Fsp3) is 0.545. The minimum absolute atomic E-state index is 0.0586. The molecule has 0 aliphatic heterocycles. The van der Waals surface area contributed by atoms with Crippen molar-refractivity contribution in [1.82, 2.24) is 14.9 Å². The van der Waals surface area contributed by atoms with Gasteiger partial charge in [0.2, 0.25) is 5.91 Å². The van der Waals surface area contributed by atoms with Crippen molar-refractivity contribution >= 4 is 34.5 Å². The monoisotopic (exact) mass is 433 g/mol. The highest BCUT2D eigenvalue weighted by atomic mass is 32.2. The van der Waals surface area contributed by atoms with Gasteiger partial charge in [0.05, 0.1) is 30.2 Å². The summed E-state index contributed by atoms with van der Waals surface area (Å²) in [7, 11) is 1.31. The number of aromatic nitrogens is 2. The molecule has 1 atom stereocenters. The van der Waals surface area contributed by atoms with E-state index in [2.05, 4.69) is 28.9 Å². The van der Waals surface area contributed by atoms with Crippen LogP contribution in [0.1, 0.15) is 46.5 Å². The molecule has 2 rings (SSSR count). The summed E-state index contributed by atoms with van der Waals surface area (Å²) in [5.41, 5.74) is 0.344. The zero-order chi connectivity index (χ0) is 22.1. The number of rotatable bonds is 11. The summed E-state index contributed by atoms with van der Waals surface area (Å²) >= 11 is 1.20. The minimum atomic E-state index is -0.404. The fourth-order valence-corrected chi connectivity index (χ4v) is 3.95. The molecule has 0 fully saturated rings. The largest absolute Gasteiger partial charge is 0.469 e. The predicted octanol–water partition coefficient (Wildman–Crippen LogP) is 3.38. The van der Waals surface area contributed by atoms with Crippen LogP contribution in [0.5, 0.6) is 0 Å². The molecule has 0 saturated heterocycles. The van der Waals surface area contributed by atoms with Gasteiger partial charge >= 0.3 is 5.97 Å². The number of carbonyl (C=O) groups excluding carboxylic acids is 2. The average molecular weight is 434 g/mol. The van der Waals surface area contributed by atoms with Gasteiger partial charge in [-0.2, -0.15) is 0 Å². The Hall–Kier alpha value is -2.35. The SMILES string of the molecule is COC(=O)CCn1c(SCC(=O)NC(C)CCCC(C)C)nc2ccccc2c1=O. The van der Waals surface area contributed by atoms with E-state index < -0.39 is 5.97 Å². The second-order valence-electron chi connectivity index (χ2n) is 7.78. The van der Waals surface area contributed by atoms with Crippen molar-refractivity contribution in [1.29, 1.82) is 0 Å². The molecule has 1 amide bonds. The first-order valence-corrected chi connectivity index (χ1v) is 11.3. The number of hydrogen-bond acceptors (Lipinski definition) is 6. The Morgan fingerprint density at radius 2 is 1.93 bits per heavy atom. The van der Waals surface area contributed by atoms with Gasteiger partial charge in [-0.3, -0.25) is 19.0 Å². The molecule has 1 aromatic carbocycles. The molecule has 8 heteroatoms. The standard InChI is InChI=1S/C22H31N3O4S/c1-15(2)8-7-9-16(3)23-19(26)14-30-22-24-18-11-6-5-10-17(18)21(28)25(22)13-12-20(27)29-4/h5-6,10-11,15-16H,7-9,12-14H2,1-4H3,(H,23,26). The van der Waals surface area contributed by atoms with Gasteiger partial charge in [-0.05, 0) is 31.4 Å². The normalized spacial score (nSPS) is 12.2. The molecule has 0 radical (unpaired) electrons. The zero-order valence-electron chi connectivity index (χ0n) is 18.1. The van der Waals surface area contributed by atoms with Crippen LogP contribution in [0.15, 0.2) is 34.2 Å². The molecule has 2 aromatic rings. The maximum absolute atomic E-state index is 12.9. The van der Waals surface area contributed by atoms with Crippen LogP contribution < -0.4 is 10.9 Å². The van der Waals surface area contributed by atoms with E-state index in [1.807, 2.05) is 13.0 Å². The Morgan fingerprint density at radius 1 is 1.20 bits per heavy atom. The molecular formula is C22H31N3O4S. The van der Waals surface area contributed by atoms with Crippen LogP contribution in [0.3, 0.4) is 0 Å². The number of esters is 1. The van der Waals surface area contributed by atoms with Crippen LogP contribution >= 0.6 is 11.8 Å². The first kappa shape index (κ1) is 23.9. The number of para-hydroxylation sites is 1. The van der Waals surface area contributed by atoms with Crippen LogP contribution in [0.4, 0.5) is 0 Å². The molecule has 0 aliphatic carbocycles. The molecule has 1 N–H and O–H groups in total. The van der Waals surface area contributed by atoms with Gasteiger partial charge in [0, 0.05) is 12.6 Å². The number of hydrogen-bond donors (Lipinski definition) is 1. The zero-order valence-corrected chi connectivity index (χ0v) is 19.0. The number of fused-ring (bicyclic) bond motifs is 1. The van der Waals surface area contributed by atoms with Gasteiger partial charge in [0.25, 0.3) is 5.56 Å². The molecule has 7 nitrogen and oxygen atoms in total. The fourth-order valence-electron chi connectivity index (χ4n) is 3.11. The maximum atomic E-state index is 12.9. The van der Waals surface area contributed by atoms with Gasteiger partial charge in [0.1, 0.15) is 0 Å². The Morgan fingerprint density at radius 3 is 2.63 bits per heavy atom. The number of nitrogens with zero attached hydrogens (tertiary/aromatic N) is 2. The summed E-state index contributed by atoms with van der Waals surface area (Å²) < 4.78 is 6.13. The molecule has 0 aliphatic rings. The molecule has 1 heterocycles. The lowest BCUT2D eigenvalue weighted by atomic mass is 10.0. The summed E-state index contributed by atoms with van der Waals surface area (Å²) in [6, 6.07) is 7.16. The number of benzene rings is 1. The van der Waals surface area contributed by atoms with Crippen molar-refractivity contribution in [3.05, 3.63) is 34.6 Å². The molecule has 0 spiro atoms. The molecule has 164 valence electrons. The molecule has 0 bridgehead atoms. The van der Waals surface area contributed by atoms with E-state index in [-0.39, 0.29) is 36.2 Å². The lowest BCUT2D eigenvalue weighted by molar-refractivity contribution is -0.140. The second kappa shape index (κ2) is 11.7. The van der Waals surface area contributed by atoms with Gasteiger partial charge in [-0.25, -0.2) is 4.98 Å². The highest BCUT2D eigenvalue weighted by Crippen LogP contribution is 2.18. The Balaban J connectivity index is 2.08. The van der Waals surface area contributed by atoms with Crippen LogP contribution in [0.2, 0.25) is 0 Å². The van der Waals surface area contributed by atoms with Crippen LogP contribution in [0, 0.1) is 5.92 Å². The minimum Gasteiger partial charge on any atom is -0.469 e. The Labute approximate surface area is 181 Å². The Kier molecular flexibility index (Phi) is 9.36. The third kappa shape index (κ3) is 7.16. The van der Waals surface area contributed by atoms with Crippen molar-refractivity contribution in [2.24, 2.45) is 5.92 Å². The van der Waals surface area contributed by atoms with E-state index in [1.54, 1.807) is 18.2 Å². The van der Waals surface area contributed by atoms with E-state index >= 15 is 0 Å². The highest BCUT2D eigenvalue weighted by Gasteiger charge is 2.15. The van der Waals surface area contributed by atoms with Crippen LogP contribution in [0.25, 0.3) is 10.9 Å². The summed E-state index contributed by atoms with van der Waals surface area (Å²) in [4.78, 5) is 41.4. The summed E-state index contributed by atoms with van der Waals surface area (Å²) in [6.45, 7) is 6.54. The average Bonchev–Trinajstić information content (AvgIpc) is 2.71. The molecule has 1 unspecified atom stereocenters. The number of thioether (sulfide) groups is 1. The third-order valence-corrected chi connectivity index (χ3v) is 5.73. The van der Waals surface area contributed by atoms with E-state index in [4.69, 9.17) is 0 Å². The predicted molar refractivity (Wildman–Crippen MR) is 120 cm³/mol. The summed E-state index contributed by atoms with van der Waals surface area (Å²) in [6.07, 6.45) is 3.21. The van der Waals surface area contributed by atoms with E-state index in [1.165, 1.54) is 23.4 Å². The summed E-state index contributed by atoms with van der Waals surface area (Å²) in [5.74, 6) is 0.305. The van der Waals surface area contributed by atoms with E-state index in [9.17, 15) is 14.4 Å². The second-order valence-corrected chi connectivity index (χ2v) is 8.72. The topological polar surface area (TPSA) is 90.3 Å². The van der Waals surface area contributed by atoms with Crippen LogP contribution in [-0.4, -0.2) is 40.3 Å². The quantitative estimate of drug-likeness (QED) is 0.332. The molecule has 0 saturated carbocycles. The number of ether oxygens (including phenoxy) is 1. The van der Waals surface area contributed by atoms with E-state index in [0.29, 0.717) is 22.0 Å². The number of nitrogens with one attached hydrogen (secondary N) is 1. The lowest BCUT2D eigenvalue weighted by Gasteiger charge is -2.15. The summed E-state index contributed by atoms with van der Waals surface area (Å²) in [5, 5.41) is 3.91. The van der Waals surface area contributed by atoms with Crippen LogP contribution in [-0.2, 0) is 20.9 Å².